The van der Waals surface area contributed by atoms with Crippen LogP contribution in [0.3, 0.4) is 0 Å². The summed E-state index contributed by atoms with van der Waals surface area (Å²) in [6.07, 6.45) is 4.19. The number of carbonyl (C=O) groups is 1. The van der Waals surface area contributed by atoms with E-state index in [2.05, 4.69) is 19.9 Å². The summed E-state index contributed by atoms with van der Waals surface area (Å²) in [5, 5.41) is 0.899. The van der Waals surface area contributed by atoms with E-state index in [1.807, 2.05) is 11.5 Å². The van der Waals surface area contributed by atoms with E-state index in [-0.39, 0.29) is 63.5 Å². The third-order valence-electron chi connectivity index (χ3n) is 7.26. The Balaban J connectivity index is 0.00000169. The van der Waals surface area contributed by atoms with Crippen LogP contribution in [0.5, 0.6) is 11.8 Å². The fourth-order valence-electron chi connectivity index (χ4n) is 5.38. The molecule has 2 atom stereocenters. The third kappa shape index (κ3) is 6.41. The highest BCUT2D eigenvalue weighted by Crippen LogP contribution is 2.39. The number of likely N-dealkylation sites (tertiary alicyclic amines) is 1. The van der Waals surface area contributed by atoms with Crippen LogP contribution >= 0.6 is 38.6 Å². The number of alkyl halides is 1. The Kier molecular flexibility index (Phi) is 11.0. The van der Waals surface area contributed by atoms with Crippen LogP contribution in [-0.4, -0.2) is 54.6 Å². The van der Waals surface area contributed by atoms with Crippen LogP contribution < -0.4 is 4.74 Å². The first kappa shape index (κ1) is 34.0. The average Bonchev–Trinajstić information content (AvgIpc) is 3.29. The molecule has 0 spiro atoms. The SMILES string of the molecule is C.CCC(=O)N1CC[C@H](n2c(C)nc3cnc4cc(F)c(-c5ccc(Oc6ncccn6)cc5Cl)cc4c32)[C@@H](F)C1.S.S. The molecule has 0 aliphatic carbocycles. The van der Waals surface area contributed by atoms with Gasteiger partial charge in [-0.05, 0) is 37.6 Å². The molecule has 13 heteroatoms. The van der Waals surface area contributed by atoms with Gasteiger partial charge in [0, 0.05) is 54.0 Å². The number of fused-ring (bicyclic) bond motifs is 3. The van der Waals surface area contributed by atoms with E-state index in [0.717, 1.165) is 0 Å². The Morgan fingerprint density at radius 3 is 2.51 bits per heavy atom. The molecule has 0 bridgehead atoms. The van der Waals surface area contributed by atoms with Crippen LogP contribution in [0.4, 0.5) is 8.78 Å². The summed E-state index contributed by atoms with van der Waals surface area (Å²) in [5.74, 6) is 0.466. The number of aryl methyl sites for hydroxylation is 1. The molecule has 1 saturated heterocycles. The molecule has 1 amide bonds. The van der Waals surface area contributed by atoms with Gasteiger partial charge in [0.25, 0.3) is 0 Å². The Labute approximate surface area is 267 Å². The van der Waals surface area contributed by atoms with Gasteiger partial charge >= 0.3 is 6.01 Å². The molecule has 6 rings (SSSR count). The molecule has 1 aliphatic rings. The minimum atomic E-state index is -1.28. The maximum Gasteiger partial charge on any atom is 0.321 e. The van der Waals surface area contributed by atoms with Gasteiger partial charge in [0.2, 0.25) is 5.91 Å². The van der Waals surface area contributed by atoms with Crippen LogP contribution in [0.2, 0.25) is 5.02 Å². The quantitative estimate of drug-likeness (QED) is 0.199. The molecule has 228 valence electrons. The van der Waals surface area contributed by atoms with Crippen molar-refractivity contribution in [2.24, 2.45) is 0 Å². The minimum Gasteiger partial charge on any atom is -0.424 e. The number of hydrogen-bond donors (Lipinski definition) is 0. The van der Waals surface area contributed by atoms with Gasteiger partial charge in [0.1, 0.15) is 29.1 Å². The second-order valence-electron chi connectivity index (χ2n) is 9.71. The van der Waals surface area contributed by atoms with Crippen molar-refractivity contribution < 1.29 is 18.3 Å². The largest absolute Gasteiger partial charge is 0.424 e. The number of piperidine rings is 1. The van der Waals surface area contributed by atoms with Crippen molar-refractivity contribution in [3.8, 4) is 22.9 Å². The summed E-state index contributed by atoms with van der Waals surface area (Å²) >= 11 is 6.60. The van der Waals surface area contributed by atoms with Crippen molar-refractivity contribution in [3.05, 3.63) is 71.7 Å². The highest BCUT2D eigenvalue weighted by molar-refractivity contribution is 7.59. The molecule has 2 aromatic carbocycles. The molecular weight excluding hydrogens is 614 g/mol. The number of carbonyl (C=O) groups excluding carboxylic acids is 1. The van der Waals surface area contributed by atoms with E-state index < -0.39 is 18.0 Å². The van der Waals surface area contributed by atoms with E-state index in [1.165, 1.54) is 6.07 Å². The average molecular weight is 647 g/mol. The fourth-order valence-corrected chi connectivity index (χ4v) is 5.65. The van der Waals surface area contributed by atoms with Crippen LogP contribution in [-0.2, 0) is 4.79 Å². The lowest BCUT2D eigenvalue weighted by atomic mass is 10.00. The number of hydrogen-bond acceptors (Lipinski definition) is 6. The van der Waals surface area contributed by atoms with Crippen LogP contribution in [0.25, 0.3) is 33.1 Å². The van der Waals surface area contributed by atoms with Crippen molar-refractivity contribution in [2.75, 3.05) is 13.1 Å². The van der Waals surface area contributed by atoms with Gasteiger partial charge in [-0.3, -0.25) is 9.78 Å². The predicted molar refractivity (Wildman–Crippen MR) is 175 cm³/mol. The van der Waals surface area contributed by atoms with Crippen molar-refractivity contribution >= 4 is 66.4 Å². The molecule has 5 aromatic rings. The Bertz CT molecular complexity index is 1760. The van der Waals surface area contributed by atoms with Gasteiger partial charge in [-0.25, -0.2) is 23.7 Å². The first-order valence-electron chi connectivity index (χ1n) is 13.0. The number of ether oxygens (including phenoxy) is 1. The number of imidazole rings is 1. The van der Waals surface area contributed by atoms with Gasteiger partial charge in [0.05, 0.1) is 34.8 Å². The molecular formula is C30H33ClF2N6O2S2. The number of aromatic nitrogens is 5. The van der Waals surface area contributed by atoms with E-state index in [0.29, 0.717) is 58.5 Å². The first-order chi connectivity index (χ1) is 19.3. The topological polar surface area (TPSA) is 86.0 Å². The fraction of sp³-hybridized carbons (Fsp3) is 0.300. The molecule has 43 heavy (non-hydrogen) atoms. The highest BCUT2D eigenvalue weighted by Gasteiger charge is 2.34. The van der Waals surface area contributed by atoms with Gasteiger partial charge in [-0.15, -0.1) is 0 Å². The van der Waals surface area contributed by atoms with E-state index in [4.69, 9.17) is 16.3 Å². The summed E-state index contributed by atoms with van der Waals surface area (Å²) in [6.45, 7) is 4.07. The van der Waals surface area contributed by atoms with Gasteiger partial charge in [0.15, 0.2) is 0 Å². The Morgan fingerprint density at radius 2 is 1.84 bits per heavy atom. The number of pyridine rings is 1. The number of halogens is 3. The van der Waals surface area contributed by atoms with Crippen molar-refractivity contribution in [1.82, 2.24) is 29.4 Å². The number of amides is 1. The smallest absolute Gasteiger partial charge is 0.321 e. The summed E-state index contributed by atoms with van der Waals surface area (Å²) in [4.78, 5) is 30.9. The minimum absolute atomic E-state index is 0. The Morgan fingerprint density at radius 1 is 1.09 bits per heavy atom. The first-order valence-corrected chi connectivity index (χ1v) is 13.3. The van der Waals surface area contributed by atoms with Crippen LogP contribution in [0, 0.1) is 12.7 Å². The Hall–Kier alpha value is -3.48. The molecule has 0 radical (unpaired) electrons. The third-order valence-corrected chi connectivity index (χ3v) is 7.57. The lowest BCUT2D eigenvalue weighted by Gasteiger charge is -2.36. The molecule has 3 aromatic heterocycles. The monoisotopic (exact) mass is 646 g/mol. The number of benzene rings is 2. The maximum atomic E-state index is 15.6. The van der Waals surface area contributed by atoms with Gasteiger partial charge in [-0.1, -0.05) is 26.0 Å². The van der Waals surface area contributed by atoms with E-state index in [9.17, 15) is 4.79 Å². The van der Waals surface area contributed by atoms with Crippen molar-refractivity contribution in [1.29, 1.82) is 0 Å². The van der Waals surface area contributed by atoms with Crippen molar-refractivity contribution in [2.45, 2.75) is 46.3 Å². The highest BCUT2D eigenvalue weighted by atomic mass is 35.5. The van der Waals surface area contributed by atoms with Gasteiger partial charge < -0.3 is 14.2 Å². The van der Waals surface area contributed by atoms with Crippen LogP contribution in [0.15, 0.2) is 55.0 Å². The second kappa shape index (κ2) is 13.9. The zero-order valence-electron chi connectivity index (χ0n) is 22.8. The zero-order chi connectivity index (χ0) is 28.0. The maximum absolute atomic E-state index is 15.6. The molecule has 0 N–H and O–H groups in total. The normalized spacial score (nSPS) is 16.3. The summed E-state index contributed by atoms with van der Waals surface area (Å²) < 4.78 is 38.5. The lowest BCUT2D eigenvalue weighted by molar-refractivity contribution is -0.133. The lowest BCUT2D eigenvalue weighted by Crippen LogP contribution is -2.45. The van der Waals surface area contributed by atoms with Crippen LogP contribution in [0.1, 0.15) is 39.1 Å². The summed E-state index contributed by atoms with van der Waals surface area (Å²) in [7, 11) is 0. The molecule has 1 aliphatic heterocycles. The van der Waals surface area contributed by atoms with Crippen molar-refractivity contribution in [3.63, 3.8) is 0 Å². The second-order valence-corrected chi connectivity index (χ2v) is 10.1. The number of nitrogens with zero attached hydrogens (tertiary/aromatic N) is 6. The molecule has 8 nitrogen and oxygen atoms in total. The van der Waals surface area contributed by atoms with Gasteiger partial charge in [-0.2, -0.15) is 27.0 Å². The molecule has 1 fully saturated rings. The van der Waals surface area contributed by atoms with E-state index in [1.54, 1.807) is 60.7 Å². The molecule has 4 heterocycles. The summed E-state index contributed by atoms with van der Waals surface area (Å²) in [5.41, 5.74) is 2.39. The number of rotatable bonds is 5. The molecule has 0 unspecified atom stereocenters. The zero-order valence-corrected chi connectivity index (χ0v) is 25.6. The summed E-state index contributed by atoms with van der Waals surface area (Å²) in [6, 6.07) is 9.25. The standard InChI is InChI=1S/C29H25ClF2N6O2.CH4.2H2S/c1-3-27(39)37-10-7-26(23(32)15-37)38-16(2)36-25-14-35-24-13-22(31)19(12-20(24)28(25)38)18-6-5-17(11-21(18)30)40-29-33-8-4-9-34-29;;;/h4-6,8-9,11-14,23,26H,3,7,10,15H2,1-2H3;1H4;2*1H2/t23-,26-;;;/m0.../s1. The van der Waals surface area contributed by atoms with E-state index >= 15 is 8.78 Å². The predicted octanol–water partition coefficient (Wildman–Crippen LogP) is 7.32. The molecule has 0 saturated carbocycles.